The van der Waals surface area contributed by atoms with Crippen molar-refractivity contribution < 1.29 is 24.8 Å². The van der Waals surface area contributed by atoms with Crippen LogP contribution in [0.15, 0.2) is 85.2 Å². The lowest BCUT2D eigenvalue weighted by atomic mass is 10.0. The zero-order chi connectivity index (χ0) is 28.3. The molecule has 0 aliphatic carbocycles. The number of nitrogens with zero attached hydrogens (tertiary/aromatic N) is 4. The first-order chi connectivity index (χ1) is 20.0. The average Bonchev–Trinajstić information content (AvgIpc) is 3.52. The molecule has 3 aromatic carbocycles. The number of benzene rings is 3. The lowest BCUT2D eigenvalue weighted by Crippen LogP contribution is -2.33. The molecule has 1 fully saturated rings. The third-order valence-electron chi connectivity index (χ3n) is 7.10. The number of anilines is 2. The van der Waals surface area contributed by atoms with Gasteiger partial charge in [-0.3, -0.25) is 4.57 Å². The molecule has 41 heavy (non-hydrogen) atoms. The summed E-state index contributed by atoms with van der Waals surface area (Å²) < 4.78 is 13.3. The molecule has 0 amide bonds. The van der Waals surface area contributed by atoms with E-state index in [-0.39, 0.29) is 5.82 Å². The van der Waals surface area contributed by atoms with E-state index in [1.54, 1.807) is 0 Å². The van der Waals surface area contributed by atoms with Gasteiger partial charge in [-0.05, 0) is 34.4 Å². The predicted octanol–water partition coefficient (Wildman–Crippen LogP) is 2.88. The maximum Gasteiger partial charge on any atom is 0.207 e. The van der Waals surface area contributed by atoms with Crippen LogP contribution in [0.25, 0.3) is 22.3 Å². The minimum Gasteiger partial charge on any atom is -0.489 e. The van der Waals surface area contributed by atoms with Gasteiger partial charge < -0.3 is 35.8 Å². The Kier molecular flexibility index (Phi) is 7.49. The van der Waals surface area contributed by atoms with Crippen molar-refractivity contribution in [2.75, 3.05) is 17.7 Å². The van der Waals surface area contributed by atoms with Crippen LogP contribution in [0, 0.1) is 0 Å². The van der Waals surface area contributed by atoms with Gasteiger partial charge in [-0.25, -0.2) is 15.0 Å². The Labute approximate surface area is 235 Å². The molecule has 1 aliphatic rings. The lowest BCUT2D eigenvalue weighted by molar-refractivity contribution is -0.0501. The second-order valence-electron chi connectivity index (χ2n) is 9.82. The molecule has 0 spiro atoms. The Balaban J connectivity index is 1.19. The molecule has 2 aromatic heterocycles. The maximum absolute atomic E-state index is 10.7. The van der Waals surface area contributed by atoms with E-state index in [0.717, 1.165) is 28.0 Å². The number of fused-ring (bicyclic) bond motifs is 1. The normalized spacial score (nSPS) is 20.4. The van der Waals surface area contributed by atoms with Gasteiger partial charge in [0.2, 0.25) is 5.95 Å². The molecule has 0 bridgehead atoms. The van der Waals surface area contributed by atoms with Crippen LogP contribution in [0.3, 0.4) is 0 Å². The van der Waals surface area contributed by atoms with Gasteiger partial charge >= 0.3 is 0 Å². The second-order valence-corrected chi connectivity index (χ2v) is 9.82. The highest BCUT2D eigenvalue weighted by Crippen LogP contribution is 2.35. The highest BCUT2D eigenvalue weighted by atomic mass is 16.6. The first-order valence-corrected chi connectivity index (χ1v) is 13.2. The van der Waals surface area contributed by atoms with E-state index < -0.39 is 31.1 Å². The second kappa shape index (κ2) is 11.5. The lowest BCUT2D eigenvalue weighted by Gasteiger charge is -2.19. The Bertz CT molecular complexity index is 1630. The fraction of sp³-hybridized carbons (Fsp3) is 0.233. The Morgan fingerprint density at radius 2 is 1.71 bits per heavy atom. The predicted molar refractivity (Wildman–Crippen MR) is 153 cm³/mol. The molecule has 5 aromatic rings. The zero-order valence-corrected chi connectivity index (χ0v) is 22.0. The summed E-state index contributed by atoms with van der Waals surface area (Å²) >= 11 is 0. The van der Waals surface area contributed by atoms with E-state index in [1.165, 1.54) is 10.9 Å². The summed E-state index contributed by atoms with van der Waals surface area (Å²) in [7, 11) is 0. The third-order valence-corrected chi connectivity index (χ3v) is 7.10. The van der Waals surface area contributed by atoms with E-state index in [2.05, 4.69) is 20.3 Å². The first-order valence-electron chi connectivity index (χ1n) is 13.2. The number of ether oxygens (including phenoxy) is 2. The molecule has 11 heteroatoms. The monoisotopic (exact) mass is 554 g/mol. The number of hydrogen-bond acceptors (Lipinski definition) is 10. The van der Waals surface area contributed by atoms with Gasteiger partial charge in [0.05, 0.1) is 6.61 Å². The van der Waals surface area contributed by atoms with Crippen molar-refractivity contribution in [2.45, 2.75) is 37.7 Å². The summed E-state index contributed by atoms with van der Waals surface area (Å²) in [6.07, 6.45) is -3.28. The summed E-state index contributed by atoms with van der Waals surface area (Å²) in [5.41, 5.74) is 10.9. The molecule has 0 saturated carbocycles. The standard InChI is InChI=1S/C30H30N6O5/c31-27-24-28(34-17-33-27)36(29-26(39)25(38)23(15-37)41-29)30(35-24)32-14-18-9-11-20(12-10-18)21-7-4-8-22(13-21)40-16-19-5-2-1-3-6-19/h1-13,17,23,25-26,29,37-39H,14-16H2,(H,32,35)(H2,31,33,34)/t23-,25?,26?,29-/m1/s1. The number of hydrogen-bond donors (Lipinski definition) is 5. The van der Waals surface area contributed by atoms with Crippen molar-refractivity contribution >= 4 is 22.9 Å². The molecular weight excluding hydrogens is 524 g/mol. The van der Waals surface area contributed by atoms with Crippen LogP contribution in [0.4, 0.5) is 11.8 Å². The van der Waals surface area contributed by atoms with E-state index in [1.807, 2.05) is 78.9 Å². The van der Waals surface area contributed by atoms with Crippen molar-refractivity contribution in [3.05, 3.63) is 96.3 Å². The number of nitrogen functional groups attached to an aromatic ring is 1. The molecule has 11 nitrogen and oxygen atoms in total. The van der Waals surface area contributed by atoms with Crippen molar-refractivity contribution in [3.8, 4) is 16.9 Å². The number of aromatic nitrogens is 4. The molecule has 6 rings (SSSR count). The Hall–Kier alpha value is -4.55. The van der Waals surface area contributed by atoms with E-state index >= 15 is 0 Å². The molecule has 3 heterocycles. The van der Waals surface area contributed by atoms with E-state index in [0.29, 0.717) is 30.3 Å². The fourth-order valence-electron chi connectivity index (χ4n) is 4.89. The van der Waals surface area contributed by atoms with Gasteiger partial charge in [0.25, 0.3) is 0 Å². The number of rotatable bonds is 9. The van der Waals surface area contributed by atoms with Gasteiger partial charge in [-0.15, -0.1) is 0 Å². The van der Waals surface area contributed by atoms with Gasteiger partial charge in [-0.2, -0.15) is 0 Å². The van der Waals surface area contributed by atoms with Crippen LogP contribution < -0.4 is 15.8 Å². The minimum atomic E-state index is -1.31. The Morgan fingerprint density at radius 3 is 2.46 bits per heavy atom. The number of aliphatic hydroxyl groups excluding tert-OH is 3. The summed E-state index contributed by atoms with van der Waals surface area (Å²) in [4.78, 5) is 12.8. The largest absolute Gasteiger partial charge is 0.489 e. The van der Waals surface area contributed by atoms with Crippen LogP contribution in [0.2, 0.25) is 0 Å². The van der Waals surface area contributed by atoms with Gasteiger partial charge in [-0.1, -0.05) is 66.7 Å². The molecule has 1 aliphatic heterocycles. The van der Waals surface area contributed by atoms with Crippen LogP contribution in [0.5, 0.6) is 5.75 Å². The maximum atomic E-state index is 10.7. The quantitative estimate of drug-likeness (QED) is 0.183. The van der Waals surface area contributed by atoms with Gasteiger partial charge in [0.1, 0.15) is 37.0 Å². The van der Waals surface area contributed by atoms with Crippen molar-refractivity contribution in [2.24, 2.45) is 0 Å². The summed E-state index contributed by atoms with van der Waals surface area (Å²) in [5.74, 6) is 1.29. The molecular formula is C30H30N6O5. The van der Waals surface area contributed by atoms with Crippen LogP contribution in [-0.2, 0) is 17.9 Å². The third kappa shape index (κ3) is 5.43. The minimum absolute atomic E-state index is 0.169. The topological polar surface area (TPSA) is 161 Å². The first kappa shape index (κ1) is 26.7. The highest BCUT2D eigenvalue weighted by Gasteiger charge is 2.45. The number of aliphatic hydroxyl groups is 3. The van der Waals surface area contributed by atoms with E-state index in [9.17, 15) is 15.3 Å². The SMILES string of the molecule is Nc1ncnc2c1nc(NCc1ccc(-c3cccc(OCc4ccccc4)c3)cc1)n2[C@@H]1O[C@H](CO)C(O)C1O. The summed E-state index contributed by atoms with van der Waals surface area (Å²) in [6, 6.07) is 26.1. The fourth-order valence-corrected chi connectivity index (χ4v) is 4.89. The molecule has 0 radical (unpaired) electrons. The molecule has 1 saturated heterocycles. The van der Waals surface area contributed by atoms with Crippen LogP contribution >= 0.6 is 0 Å². The highest BCUT2D eigenvalue weighted by molar-refractivity contribution is 5.84. The Morgan fingerprint density at radius 1 is 0.902 bits per heavy atom. The number of imidazole rings is 1. The van der Waals surface area contributed by atoms with Crippen LogP contribution in [0.1, 0.15) is 17.4 Å². The molecule has 4 atom stereocenters. The smallest absolute Gasteiger partial charge is 0.207 e. The number of nitrogens with two attached hydrogens (primary N) is 1. The van der Waals surface area contributed by atoms with E-state index in [4.69, 9.17) is 15.2 Å². The number of nitrogens with one attached hydrogen (secondary N) is 1. The molecule has 6 N–H and O–H groups in total. The summed E-state index contributed by atoms with van der Waals surface area (Å²) in [6.45, 7) is 0.445. The molecule has 210 valence electrons. The van der Waals surface area contributed by atoms with Gasteiger partial charge in [0.15, 0.2) is 23.2 Å². The summed E-state index contributed by atoms with van der Waals surface area (Å²) in [5, 5.41) is 33.8. The van der Waals surface area contributed by atoms with Crippen LogP contribution in [-0.4, -0.2) is 59.8 Å². The average molecular weight is 555 g/mol. The van der Waals surface area contributed by atoms with Crippen molar-refractivity contribution in [3.63, 3.8) is 0 Å². The van der Waals surface area contributed by atoms with Gasteiger partial charge in [0, 0.05) is 6.54 Å². The van der Waals surface area contributed by atoms with Crippen molar-refractivity contribution in [1.29, 1.82) is 0 Å². The zero-order valence-electron chi connectivity index (χ0n) is 22.0. The van der Waals surface area contributed by atoms with Crippen molar-refractivity contribution in [1.82, 2.24) is 19.5 Å². The molecule has 2 unspecified atom stereocenters.